The summed E-state index contributed by atoms with van der Waals surface area (Å²) in [7, 11) is 1.68. The lowest BCUT2D eigenvalue weighted by atomic mass is 9.92. The van der Waals surface area contributed by atoms with E-state index >= 15 is 0 Å². The Bertz CT molecular complexity index is 1680. The summed E-state index contributed by atoms with van der Waals surface area (Å²) < 4.78 is 7.42. The number of ether oxygens (including phenoxy) is 1. The van der Waals surface area contributed by atoms with Gasteiger partial charge in [0, 0.05) is 22.5 Å². The van der Waals surface area contributed by atoms with Gasteiger partial charge in [0.2, 0.25) is 0 Å². The van der Waals surface area contributed by atoms with Crippen LogP contribution in [0.25, 0.3) is 21.0 Å². The molecule has 5 nitrogen and oxygen atoms in total. The average molecular weight is 508 g/mol. The Hall–Kier alpha value is -3.48. The van der Waals surface area contributed by atoms with E-state index in [1.54, 1.807) is 29.3 Å². The summed E-state index contributed by atoms with van der Waals surface area (Å²) in [5, 5.41) is 6.98. The first-order chi connectivity index (χ1) is 18.2. The molecule has 0 spiro atoms. The quantitative estimate of drug-likeness (QED) is 0.352. The number of thiophene rings is 1. The number of rotatable bonds is 5. The van der Waals surface area contributed by atoms with Gasteiger partial charge in [0.05, 0.1) is 25.4 Å². The second-order valence-electron chi connectivity index (χ2n) is 10.3. The van der Waals surface area contributed by atoms with E-state index in [-0.39, 0.29) is 5.56 Å². The monoisotopic (exact) mass is 507 g/mol. The van der Waals surface area contributed by atoms with Gasteiger partial charge in [0.25, 0.3) is 5.56 Å². The fourth-order valence-electron chi connectivity index (χ4n) is 6.31. The topological polar surface area (TPSA) is 56.2 Å². The van der Waals surface area contributed by atoms with Gasteiger partial charge in [-0.05, 0) is 65.6 Å². The highest BCUT2D eigenvalue weighted by Gasteiger charge is 2.29. The fourth-order valence-corrected chi connectivity index (χ4v) is 7.56. The highest BCUT2D eigenvalue weighted by Crippen LogP contribution is 2.35. The van der Waals surface area contributed by atoms with Crippen LogP contribution in [0.1, 0.15) is 33.6 Å². The number of benzene rings is 3. The second-order valence-corrected chi connectivity index (χ2v) is 11.4. The van der Waals surface area contributed by atoms with Crippen LogP contribution in [0.5, 0.6) is 5.75 Å². The van der Waals surface area contributed by atoms with Crippen LogP contribution < -0.4 is 15.6 Å². The molecule has 2 aliphatic carbocycles. The molecule has 37 heavy (non-hydrogen) atoms. The van der Waals surface area contributed by atoms with Crippen LogP contribution in [0.3, 0.4) is 0 Å². The molecule has 5 aromatic rings. The van der Waals surface area contributed by atoms with E-state index in [9.17, 15) is 4.79 Å². The average Bonchev–Trinajstić information content (AvgIpc) is 3.51. The molecular formula is C31H29N3O2S. The first kappa shape index (κ1) is 22.7. The van der Waals surface area contributed by atoms with E-state index in [0.29, 0.717) is 18.6 Å². The number of aromatic nitrogens is 2. The van der Waals surface area contributed by atoms with Crippen LogP contribution in [-0.4, -0.2) is 28.7 Å². The summed E-state index contributed by atoms with van der Waals surface area (Å²) in [5.41, 5.74) is 5.23. The maximum Gasteiger partial charge on any atom is 0.262 e. The van der Waals surface area contributed by atoms with E-state index in [4.69, 9.17) is 9.72 Å². The Labute approximate surface area is 219 Å². The molecule has 0 bridgehead atoms. The second kappa shape index (κ2) is 9.12. The van der Waals surface area contributed by atoms with Crippen molar-refractivity contribution in [3.63, 3.8) is 0 Å². The Kier molecular flexibility index (Phi) is 5.59. The lowest BCUT2D eigenvalue weighted by molar-refractivity contribution is 0.402. The fraction of sp³-hybridized carbons (Fsp3) is 0.290. The predicted octanol–water partition coefficient (Wildman–Crippen LogP) is 5.28. The van der Waals surface area contributed by atoms with Gasteiger partial charge in [-0.25, -0.2) is 4.98 Å². The van der Waals surface area contributed by atoms with E-state index in [1.165, 1.54) is 21.6 Å². The zero-order valence-corrected chi connectivity index (χ0v) is 21.7. The van der Waals surface area contributed by atoms with Crippen molar-refractivity contribution in [2.24, 2.45) is 0 Å². The minimum atomic E-state index is 0.0511. The van der Waals surface area contributed by atoms with E-state index in [1.807, 2.05) is 18.2 Å². The van der Waals surface area contributed by atoms with Gasteiger partial charge < -0.3 is 10.1 Å². The van der Waals surface area contributed by atoms with Gasteiger partial charge in [-0.1, -0.05) is 54.6 Å². The van der Waals surface area contributed by atoms with Crippen molar-refractivity contribution in [1.82, 2.24) is 14.9 Å². The molecule has 0 radical (unpaired) electrons. The van der Waals surface area contributed by atoms with Crippen molar-refractivity contribution in [3.8, 4) is 5.75 Å². The van der Waals surface area contributed by atoms with Crippen molar-refractivity contribution in [2.75, 3.05) is 7.11 Å². The zero-order chi connectivity index (χ0) is 24.9. The normalized spacial score (nSPS) is 17.3. The third-order valence-electron chi connectivity index (χ3n) is 8.10. The number of nitrogens with zero attached hydrogens (tertiary/aromatic N) is 2. The van der Waals surface area contributed by atoms with Gasteiger partial charge >= 0.3 is 0 Å². The molecule has 0 saturated carbocycles. The van der Waals surface area contributed by atoms with Crippen LogP contribution in [0.15, 0.2) is 71.8 Å². The summed E-state index contributed by atoms with van der Waals surface area (Å²) >= 11 is 1.70. The van der Waals surface area contributed by atoms with Crippen LogP contribution >= 0.6 is 11.3 Å². The molecule has 0 amide bonds. The predicted molar refractivity (Wildman–Crippen MR) is 150 cm³/mol. The van der Waals surface area contributed by atoms with Crippen LogP contribution in [0.4, 0.5) is 0 Å². The highest BCUT2D eigenvalue weighted by atomic mass is 32.1. The van der Waals surface area contributed by atoms with E-state index in [0.717, 1.165) is 64.4 Å². The number of hydrogen-bond acceptors (Lipinski definition) is 5. The number of hydrogen-bond donors (Lipinski definition) is 1. The zero-order valence-electron chi connectivity index (χ0n) is 20.9. The molecule has 6 heteroatoms. The molecule has 1 atom stereocenters. The minimum absolute atomic E-state index is 0.0511. The van der Waals surface area contributed by atoms with Gasteiger partial charge in [-0.3, -0.25) is 9.36 Å². The molecule has 186 valence electrons. The summed E-state index contributed by atoms with van der Waals surface area (Å²) in [4.78, 5) is 20.7. The minimum Gasteiger partial charge on any atom is -0.496 e. The molecule has 2 aromatic heterocycles. The molecule has 1 N–H and O–H groups in total. The van der Waals surface area contributed by atoms with Crippen LogP contribution in [0.2, 0.25) is 0 Å². The summed E-state index contributed by atoms with van der Waals surface area (Å²) in [5.74, 6) is 0.793. The molecule has 7 rings (SSSR count). The summed E-state index contributed by atoms with van der Waals surface area (Å²) in [6, 6.07) is 22.0. The van der Waals surface area contributed by atoms with Crippen molar-refractivity contribution < 1.29 is 4.74 Å². The van der Waals surface area contributed by atoms with E-state index in [2.05, 4.69) is 47.8 Å². The Morgan fingerprint density at radius 2 is 1.78 bits per heavy atom. The largest absolute Gasteiger partial charge is 0.496 e. The third kappa shape index (κ3) is 3.95. The number of aryl methyl sites for hydroxylation is 1. The van der Waals surface area contributed by atoms with Crippen molar-refractivity contribution in [1.29, 1.82) is 0 Å². The highest BCUT2D eigenvalue weighted by molar-refractivity contribution is 7.18. The summed E-state index contributed by atoms with van der Waals surface area (Å²) in [6.07, 6.45) is 6.87. The van der Waals surface area contributed by atoms with Gasteiger partial charge in [0.15, 0.2) is 0 Å². The van der Waals surface area contributed by atoms with Gasteiger partial charge in [-0.15, -0.1) is 11.3 Å². The smallest absolute Gasteiger partial charge is 0.262 e. The molecule has 2 heterocycles. The first-order valence-electron chi connectivity index (χ1n) is 13.0. The molecule has 0 fully saturated rings. The lowest BCUT2D eigenvalue weighted by Gasteiger charge is -2.26. The van der Waals surface area contributed by atoms with Crippen molar-refractivity contribution >= 4 is 32.3 Å². The molecule has 0 aliphatic heterocycles. The molecule has 1 unspecified atom stereocenters. The Morgan fingerprint density at radius 1 is 1.00 bits per heavy atom. The van der Waals surface area contributed by atoms with E-state index < -0.39 is 0 Å². The number of methoxy groups -OCH3 is 1. The first-order valence-corrected chi connectivity index (χ1v) is 13.9. The number of fused-ring (bicyclic) bond motifs is 5. The third-order valence-corrected chi connectivity index (χ3v) is 9.27. The Balaban J connectivity index is 1.17. The molecule has 0 saturated heterocycles. The maximum atomic E-state index is 13.8. The Morgan fingerprint density at radius 3 is 2.59 bits per heavy atom. The molecular weight excluding hydrogens is 478 g/mol. The van der Waals surface area contributed by atoms with Gasteiger partial charge in [-0.2, -0.15) is 0 Å². The van der Waals surface area contributed by atoms with Gasteiger partial charge in [0.1, 0.15) is 10.6 Å². The lowest BCUT2D eigenvalue weighted by Crippen LogP contribution is -2.41. The van der Waals surface area contributed by atoms with Crippen LogP contribution in [0, 0.1) is 0 Å². The molecule has 3 aromatic carbocycles. The summed E-state index contributed by atoms with van der Waals surface area (Å²) in [6.45, 7) is 0.434. The van der Waals surface area contributed by atoms with Crippen LogP contribution in [-0.2, 0) is 32.2 Å². The number of nitrogens with one attached hydrogen (secondary N) is 1. The molecule has 2 aliphatic rings. The SMILES string of the molecule is COc1ccc2ccccc2c1Cn1cnc2sc3c(c2c1=O)CCC(NC1Cc2ccccc2C1)C3. The van der Waals surface area contributed by atoms with Crippen molar-refractivity contribution in [2.45, 2.75) is 50.7 Å². The van der Waals surface area contributed by atoms with Crippen molar-refractivity contribution in [3.05, 3.63) is 104 Å². The maximum absolute atomic E-state index is 13.8. The standard InChI is InChI=1S/C31H29N3O2S/c1-36-27-13-10-19-6-4-5-9-24(19)26(27)17-34-18-32-30-29(31(34)35)25-12-11-22(16-28(25)37-30)33-23-14-20-7-2-3-8-21(20)15-23/h2-10,13,18,22-23,33H,11-12,14-17H2,1H3.